The van der Waals surface area contributed by atoms with Crippen LogP contribution in [0.25, 0.3) is 0 Å². The van der Waals surface area contributed by atoms with Crippen molar-refractivity contribution in [3.8, 4) is 5.75 Å². The van der Waals surface area contributed by atoms with Gasteiger partial charge in [-0.2, -0.15) is 0 Å². The van der Waals surface area contributed by atoms with Gasteiger partial charge in [-0.25, -0.2) is 0 Å². The molecule has 0 radical (unpaired) electrons. The number of carbonyl (C=O) groups excluding carboxylic acids is 3. The zero-order valence-corrected chi connectivity index (χ0v) is 25.2. The van der Waals surface area contributed by atoms with Crippen molar-refractivity contribution in [2.75, 3.05) is 13.2 Å². The molecule has 0 bridgehead atoms. The number of nitrogens with one attached hydrogen (secondary N) is 2. The molecule has 232 valence electrons. The van der Waals surface area contributed by atoms with Crippen molar-refractivity contribution in [2.45, 2.75) is 57.7 Å². The summed E-state index contributed by atoms with van der Waals surface area (Å²) in [5.74, 6) is -1.08. The molecule has 3 N–H and O–H groups in total. The van der Waals surface area contributed by atoms with Gasteiger partial charge < -0.3 is 25.2 Å². The van der Waals surface area contributed by atoms with Crippen LogP contribution in [0.3, 0.4) is 0 Å². The molecule has 0 aromatic heterocycles. The molecule has 0 saturated carbocycles. The molecular formula is C36H42N2O6. The number of aliphatic hydroxyl groups excluding tert-OH is 1. The number of hydrogen-bond acceptors (Lipinski definition) is 6. The molecule has 1 aliphatic heterocycles. The second kappa shape index (κ2) is 17.0. The largest absolute Gasteiger partial charge is 0.489 e. The highest BCUT2D eigenvalue weighted by Crippen LogP contribution is 2.19. The average Bonchev–Trinajstić information content (AvgIpc) is 3.04. The van der Waals surface area contributed by atoms with Crippen LogP contribution in [0, 0.1) is 11.8 Å². The Balaban J connectivity index is 1.31. The van der Waals surface area contributed by atoms with Gasteiger partial charge in [0.1, 0.15) is 19.0 Å². The van der Waals surface area contributed by atoms with Crippen LogP contribution in [0.2, 0.25) is 0 Å². The molecule has 3 aromatic carbocycles. The fraction of sp³-hybridized carbons (Fsp3) is 0.361. The Labute approximate surface area is 259 Å². The maximum absolute atomic E-state index is 13.1. The molecule has 4 atom stereocenters. The standard InChI is InChI=1S/C36H42N2O6/c1-26-24-44-36(42)31(20-27-10-4-2-5-11-27)15-9-8-14-30(35(41)37-26)22-34(40)38-32(23-39)21-28-16-18-33(19-17-28)43-25-29-12-6-3-7-13-29/h2-13,16-19,26,30-32,39H,14-15,20-25H2,1H3,(H,37,41)(H,38,40)/t26-,30+,31+,32-/m0/s1. The topological polar surface area (TPSA) is 114 Å². The molecule has 8 nitrogen and oxygen atoms in total. The van der Waals surface area contributed by atoms with Gasteiger partial charge in [0.25, 0.3) is 0 Å². The Kier molecular flexibility index (Phi) is 12.6. The molecule has 0 aliphatic carbocycles. The zero-order chi connectivity index (χ0) is 31.1. The molecule has 2 amide bonds. The van der Waals surface area contributed by atoms with Crippen molar-refractivity contribution in [3.05, 3.63) is 114 Å². The molecular weight excluding hydrogens is 556 g/mol. The highest BCUT2D eigenvalue weighted by molar-refractivity contribution is 5.86. The fourth-order valence-corrected chi connectivity index (χ4v) is 5.11. The molecule has 0 saturated heterocycles. The van der Waals surface area contributed by atoms with E-state index in [-0.39, 0.29) is 43.3 Å². The predicted molar refractivity (Wildman–Crippen MR) is 169 cm³/mol. The third-order valence-electron chi connectivity index (χ3n) is 7.57. The number of rotatable bonds is 11. The van der Waals surface area contributed by atoms with Crippen LogP contribution in [0.4, 0.5) is 0 Å². The quantitative estimate of drug-likeness (QED) is 0.221. The first kappa shape index (κ1) is 32.5. The van der Waals surface area contributed by atoms with Crippen LogP contribution in [-0.2, 0) is 38.6 Å². The molecule has 1 aliphatic rings. The number of esters is 1. The number of hydrogen-bond donors (Lipinski definition) is 3. The Morgan fingerprint density at radius 3 is 2.20 bits per heavy atom. The van der Waals surface area contributed by atoms with Gasteiger partial charge in [-0.3, -0.25) is 14.4 Å². The lowest BCUT2D eigenvalue weighted by Crippen LogP contribution is -2.44. The SMILES string of the molecule is C[C@H]1COC(=O)[C@@H](Cc2ccccc2)CC=CC[C@H](CC(=O)N[C@H](CO)Cc2ccc(OCc3ccccc3)cc2)C(=O)N1. The number of benzene rings is 3. The highest BCUT2D eigenvalue weighted by atomic mass is 16.5. The van der Waals surface area contributed by atoms with Gasteiger partial charge in [0.2, 0.25) is 11.8 Å². The molecule has 0 unspecified atom stereocenters. The highest BCUT2D eigenvalue weighted by Gasteiger charge is 2.26. The van der Waals surface area contributed by atoms with Gasteiger partial charge >= 0.3 is 5.97 Å². The molecule has 3 aromatic rings. The van der Waals surface area contributed by atoms with Gasteiger partial charge in [0.15, 0.2) is 0 Å². The van der Waals surface area contributed by atoms with Crippen LogP contribution in [0.15, 0.2) is 97.1 Å². The number of ether oxygens (including phenoxy) is 2. The van der Waals surface area contributed by atoms with Gasteiger partial charge in [-0.15, -0.1) is 0 Å². The normalized spacial score (nSPS) is 19.9. The monoisotopic (exact) mass is 598 g/mol. The maximum atomic E-state index is 13.1. The van der Waals surface area contributed by atoms with Crippen molar-refractivity contribution in [1.82, 2.24) is 10.6 Å². The molecule has 0 fully saturated rings. The lowest BCUT2D eigenvalue weighted by atomic mass is 9.94. The van der Waals surface area contributed by atoms with Crippen molar-refractivity contribution >= 4 is 17.8 Å². The van der Waals surface area contributed by atoms with E-state index >= 15 is 0 Å². The van der Waals surface area contributed by atoms with Crippen LogP contribution >= 0.6 is 0 Å². The van der Waals surface area contributed by atoms with E-state index in [1.165, 1.54) is 0 Å². The van der Waals surface area contributed by atoms with E-state index in [1.807, 2.05) is 97.1 Å². The van der Waals surface area contributed by atoms with Crippen molar-refractivity contribution in [3.63, 3.8) is 0 Å². The smallest absolute Gasteiger partial charge is 0.309 e. The van der Waals surface area contributed by atoms with Crippen molar-refractivity contribution in [1.29, 1.82) is 0 Å². The van der Waals surface area contributed by atoms with Crippen LogP contribution in [0.5, 0.6) is 5.75 Å². The van der Waals surface area contributed by atoms with E-state index in [1.54, 1.807) is 6.92 Å². The van der Waals surface area contributed by atoms with Crippen molar-refractivity contribution in [2.24, 2.45) is 11.8 Å². The third kappa shape index (κ3) is 10.7. The second-order valence-electron chi connectivity index (χ2n) is 11.3. The first-order valence-electron chi connectivity index (χ1n) is 15.2. The summed E-state index contributed by atoms with van der Waals surface area (Å²) in [6.45, 7) is 2.06. The summed E-state index contributed by atoms with van der Waals surface area (Å²) in [6.07, 6.45) is 5.55. The molecule has 8 heteroatoms. The number of amides is 2. The molecule has 4 rings (SSSR count). The van der Waals surface area contributed by atoms with Crippen LogP contribution < -0.4 is 15.4 Å². The minimum Gasteiger partial charge on any atom is -0.489 e. The number of allylic oxidation sites excluding steroid dienone is 2. The fourth-order valence-electron chi connectivity index (χ4n) is 5.11. The number of carbonyl (C=O) groups is 3. The summed E-state index contributed by atoms with van der Waals surface area (Å²) >= 11 is 0. The van der Waals surface area contributed by atoms with Gasteiger partial charge in [0.05, 0.1) is 30.5 Å². The maximum Gasteiger partial charge on any atom is 0.309 e. The second-order valence-corrected chi connectivity index (χ2v) is 11.3. The van der Waals surface area contributed by atoms with E-state index in [2.05, 4.69) is 10.6 Å². The first-order valence-corrected chi connectivity index (χ1v) is 15.2. The predicted octanol–water partition coefficient (Wildman–Crippen LogP) is 4.55. The summed E-state index contributed by atoms with van der Waals surface area (Å²) in [4.78, 5) is 38.9. The number of cyclic esters (lactones) is 1. The van der Waals surface area contributed by atoms with E-state index < -0.39 is 18.0 Å². The van der Waals surface area contributed by atoms with E-state index in [0.717, 1.165) is 22.4 Å². The Hall–Kier alpha value is -4.43. The van der Waals surface area contributed by atoms with Gasteiger partial charge in [-0.1, -0.05) is 84.9 Å². The third-order valence-corrected chi connectivity index (χ3v) is 7.57. The van der Waals surface area contributed by atoms with Gasteiger partial charge in [-0.05, 0) is 61.4 Å². The lowest BCUT2D eigenvalue weighted by molar-refractivity contribution is -0.149. The van der Waals surface area contributed by atoms with E-state index in [0.29, 0.717) is 32.3 Å². The van der Waals surface area contributed by atoms with E-state index in [4.69, 9.17) is 9.47 Å². The summed E-state index contributed by atoms with van der Waals surface area (Å²) in [6, 6.07) is 26.4. The molecule has 0 spiro atoms. The average molecular weight is 599 g/mol. The summed E-state index contributed by atoms with van der Waals surface area (Å²) in [5.41, 5.74) is 3.07. The van der Waals surface area contributed by atoms with Crippen molar-refractivity contribution < 1.29 is 29.0 Å². The summed E-state index contributed by atoms with van der Waals surface area (Å²) in [5, 5.41) is 15.8. The van der Waals surface area contributed by atoms with Crippen LogP contribution in [0.1, 0.15) is 42.9 Å². The molecule has 1 heterocycles. The number of aliphatic hydroxyl groups is 1. The van der Waals surface area contributed by atoms with Gasteiger partial charge in [0, 0.05) is 6.42 Å². The minimum atomic E-state index is -0.600. The minimum absolute atomic E-state index is 0.0289. The molecule has 44 heavy (non-hydrogen) atoms. The Bertz CT molecular complexity index is 1360. The van der Waals surface area contributed by atoms with Crippen LogP contribution in [-0.4, -0.2) is 48.2 Å². The lowest BCUT2D eigenvalue weighted by Gasteiger charge is -2.23. The Morgan fingerprint density at radius 2 is 1.55 bits per heavy atom. The Morgan fingerprint density at radius 1 is 0.909 bits per heavy atom. The zero-order valence-electron chi connectivity index (χ0n) is 25.2. The summed E-state index contributed by atoms with van der Waals surface area (Å²) in [7, 11) is 0. The first-order chi connectivity index (χ1) is 21.4. The summed E-state index contributed by atoms with van der Waals surface area (Å²) < 4.78 is 11.4. The van der Waals surface area contributed by atoms with E-state index in [9.17, 15) is 19.5 Å².